The van der Waals surface area contributed by atoms with Gasteiger partial charge in [0.2, 0.25) is 0 Å². The van der Waals surface area contributed by atoms with Gasteiger partial charge in [-0.25, -0.2) is 4.98 Å². The number of benzene rings is 1. The highest BCUT2D eigenvalue weighted by atomic mass is 16.1. The van der Waals surface area contributed by atoms with Gasteiger partial charge in [0.05, 0.1) is 6.04 Å². The van der Waals surface area contributed by atoms with Crippen molar-refractivity contribution in [1.82, 2.24) is 14.9 Å². The zero-order valence-electron chi connectivity index (χ0n) is 14.4. The minimum Gasteiger partial charge on any atom is -0.348 e. The molecule has 0 spiro atoms. The zero-order valence-corrected chi connectivity index (χ0v) is 14.4. The Bertz CT molecular complexity index is 675. The lowest BCUT2D eigenvalue weighted by Gasteiger charge is -2.39. The number of allylic oxidation sites excluding steroid dienone is 1. The number of hydrogen-bond acceptors (Lipinski definition) is 3. The first-order valence-corrected chi connectivity index (χ1v) is 8.61. The molecule has 24 heavy (non-hydrogen) atoms. The lowest BCUT2D eigenvalue weighted by atomic mass is 9.79. The number of aromatic nitrogens is 2. The highest BCUT2D eigenvalue weighted by molar-refractivity contribution is 5.61. The minimum absolute atomic E-state index is 0.138. The maximum atomic E-state index is 11.5. The zero-order chi connectivity index (χ0) is 16.9. The number of nitrogens with zero attached hydrogens (tertiary/aromatic N) is 2. The molecule has 2 aromatic rings. The highest BCUT2D eigenvalue weighted by Gasteiger charge is 2.34. The molecule has 3 rings (SSSR count). The van der Waals surface area contributed by atoms with Gasteiger partial charge in [-0.05, 0) is 32.4 Å². The number of likely N-dealkylation sites (tertiary alicyclic amines) is 1. The number of piperidine rings is 1. The molecular formula is C20H25N3O. The lowest BCUT2D eigenvalue weighted by molar-refractivity contribution is -0.111. The molecule has 1 N–H and O–H groups in total. The molecule has 0 bridgehead atoms. The fraction of sp³-hybridized carbons (Fsp3) is 0.400. The predicted molar refractivity (Wildman–Crippen MR) is 96.1 cm³/mol. The van der Waals surface area contributed by atoms with E-state index in [0.717, 1.165) is 31.6 Å². The summed E-state index contributed by atoms with van der Waals surface area (Å²) < 4.78 is 0. The second-order valence-electron chi connectivity index (χ2n) is 6.53. The number of hydrogen-bond donors (Lipinski definition) is 1. The van der Waals surface area contributed by atoms with E-state index in [2.05, 4.69) is 46.1 Å². The van der Waals surface area contributed by atoms with E-state index in [9.17, 15) is 4.79 Å². The molecule has 1 fully saturated rings. The lowest BCUT2D eigenvalue weighted by Crippen LogP contribution is -2.44. The third kappa shape index (κ3) is 3.49. The van der Waals surface area contributed by atoms with Crippen molar-refractivity contribution >= 4 is 6.29 Å². The maximum Gasteiger partial charge on any atom is 0.141 e. The third-order valence-corrected chi connectivity index (χ3v) is 4.97. The van der Waals surface area contributed by atoms with E-state index in [1.807, 2.05) is 31.5 Å². The van der Waals surface area contributed by atoms with E-state index < -0.39 is 0 Å². The van der Waals surface area contributed by atoms with Crippen molar-refractivity contribution in [2.45, 2.75) is 38.1 Å². The van der Waals surface area contributed by atoms with E-state index in [1.54, 1.807) is 0 Å². The number of carbonyl (C=O) groups is 1. The largest absolute Gasteiger partial charge is 0.348 e. The van der Waals surface area contributed by atoms with Crippen molar-refractivity contribution in [2.24, 2.45) is 0 Å². The fourth-order valence-corrected chi connectivity index (χ4v) is 3.66. The van der Waals surface area contributed by atoms with Crippen LogP contribution in [0.2, 0.25) is 0 Å². The van der Waals surface area contributed by atoms with Crippen molar-refractivity contribution in [1.29, 1.82) is 0 Å². The first-order valence-electron chi connectivity index (χ1n) is 8.61. The molecule has 1 aliphatic rings. The molecular weight excluding hydrogens is 298 g/mol. The summed E-state index contributed by atoms with van der Waals surface area (Å²) in [7, 11) is 0. The number of imidazole rings is 1. The Morgan fingerprint density at radius 1 is 1.29 bits per heavy atom. The molecule has 1 aromatic heterocycles. The summed E-state index contributed by atoms with van der Waals surface area (Å²) in [6, 6.07) is 8.61. The molecule has 2 heterocycles. The van der Waals surface area contributed by atoms with E-state index in [-0.39, 0.29) is 6.04 Å². The van der Waals surface area contributed by atoms with Gasteiger partial charge in [-0.2, -0.15) is 0 Å². The summed E-state index contributed by atoms with van der Waals surface area (Å²) in [5.74, 6) is 1.74. The Morgan fingerprint density at radius 2 is 2.08 bits per heavy atom. The van der Waals surface area contributed by atoms with Crippen molar-refractivity contribution in [3.8, 4) is 0 Å². The Morgan fingerprint density at radius 3 is 2.71 bits per heavy atom. The molecule has 126 valence electrons. The average molecular weight is 323 g/mol. The van der Waals surface area contributed by atoms with Gasteiger partial charge in [-0.15, -0.1) is 0 Å². The van der Waals surface area contributed by atoms with Crippen molar-refractivity contribution in [3.63, 3.8) is 0 Å². The third-order valence-electron chi connectivity index (χ3n) is 4.97. The Labute approximate surface area is 143 Å². The van der Waals surface area contributed by atoms with Crippen molar-refractivity contribution in [2.75, 3.05) is 13.1 Å². The van der Waals surface area contributed by atoms with Crippen LogP contribution in [0, 0.1) is 6.92 Å². The summed E-state index contributed by atoms with van der Waals surface area (Å²) in [5.41, 5.74) is 2.58. The molecule has 1 aliphatic heterocycles. The Balaban J connectivity index is 1.89. The van der Waals surface area contributed by atoms with Crippen LogP contribution in [0.15, 0.2) is 48.8 Å². The summed E-state index contributed by atoms with van der Waals surface area (Å²) in [5, 5.41) is 0. The number of aromatic amines is 1. The van der Waals surface area contributed by atoms with Crippen LogP contribution >= 0.6 is 0 Å². The van der Waals surface area contributed by atoms with E-state index >= 15 is 0 Å². The van der Waals surface area contributed by atoms with Crippen LogP contribution in [0.4, 0.5) is 0 Å². The topological polar surface area (TPSA) is 49.0 Å². The molecule has 4 nitrogen and oxygen atoms in total. The Hall–Kier alpha value is -2.20. The SMILES string of the molecule is CC=CC(C=O)N1CCC(c2ncc[nH]2)C(c2ccc(C)cc2)C1. The molecule has 0 saturated carbocycles. The Kier molecular flexibility index (Phi) is 5.26. The number of rotatable bonds is 5. The van der Waals surface area contributed by atoms with Gasteiger partial charge in [0.25, 0.3) is 0 Å². The van der Waals surface area contributed by atoms with Crippen molar-refractivity contribution in [3.05, 3.63) is 65.8 Å². The van der Waals surface area contributed by atoms with Gasteiger partial charge in [-0.1, -0.05) is 42.0 Å². The normalized spacial score (nSPS) is 23.4. The van der Waals surface area contributed by atoms with Crippen LogP contribution in [0.25, 0.3) is 0 Å². The monoisotopic (exact) mass is 323 g/mol. The number of nitrogens with one attached hydrogen (secondary N) is 1. The molecule has 3 unspecified atom stereocenters. The van der Waals surface area contributed by atoms with E-state index in [0.29, 0.717) is 11.8 Å². The second-order valence-corrected chi connectivity index (χ2v) is 6.53. The fourth-order valence-electron chi connectivity index (χ4n) is 3.66. The molecule has 1 aromatic carbocycles. The van der Waals surface area contributed by atoms with E-state index in [1.165, 1.54) is 11.1 Å². The number of aryl methyl sites for hydroxylation is 1. The van der Waals surface area contributed by atoms with Crippen LogP contribution < -0.4 is 0 Å². The smallest absolute Gasteiger partial charge is 0.141 e. The first kappa shape index (κ1) is 16.7. The van der Waals surface area contributed by atoms with Gasteiger partial charge >= 0.3 is 0 Å². The molecule has 0 amide bonds. The standard InChI is InChI=1S/C20H25N3O/c1-3-4-17(14-24)23-12-9-18(20-21-10-11-22-20)19(13-23)16-7-5-15(2)6-8-16/h3-8,10-11,14,17-19H,9,12-13H2,1-2H3,(H,21,22). The van der Waals surface area contributed by atoms with Crippen LogP contribution in [-0.4, -0.2) is 40.3 Å². The molecule has 0 aliphatic carbocycles. The van der Waals surface area contributed by atoms with Crippen LogP contribution in [-0.2, 0) is 4.79 Å². The van der Waals surface area contributed by atoms with Crippen LogP contribution in [0.3, 0.4) is 0 Å². The number of carbonyl (C=O) groups excluding carboxylic acids is 1. The highest BCUT2D eigenvalue weighted by Crippen LogP contribution is 2.38. The summed E-state index contributed by atoms with van der Waals surface area (Å²) >= 11 is 0. The minimum atomic E-state index is -0.138. The average Bonchev–Trinajstić information content (AvgIpc) is 3.14. The van der Waals surface area contributed by atoms with Gasteiger partial charge < -0.3 is 9.78 Å². The van der Waals surface area contributed by atoms with E-state index in [4.69, 9.17) is 0 Å². The van der Waals surface area contributed by atoms with Crippen LogP contribution in [0.1, 0.15) is 42.1 Å². The molecule has 0 radical (unpaired) electrons. The van der Waals surface area contributed by atoms with Crippen LogP contribution in [0.5, 0.6) is 0 Å². The number of aldehydes is 1. The first-order chi connectivity index (χ1) is 11.7. The second kappa shape index (κ2) is 7.58. The quantitative estimate of drug-likeness (QED) is 0.677. The van der Waals surface area contributed by atoms with Gasteiger partial charge in [0.15, 0.2) is 0 Å². The molecule has 3 atom stereocenters. The predicted octanol–water partition coefficient (Wildman–Crippen LogP) is 3.43. The summed E-state index contributed by atoms with van der Waals surface area (Å²) in [6.07, 6.45) is 9.68. The summed E-state index contributed by atoms with van der Waals surface area (Å²) in [4.78, 5) is 21.5. The van der Waals surface area contributed by atoms with Crippen molar-refractivity contribution < 1.29 is 4.79 Å². The van der Waals surface area contributed by atoms with Gasteiger partial charge in [0, 0.05) is 30.8 Å². The van der Waals surface area contributed by atoms with Gasteiger partial charge in [0.1, 0.15) is 12.1 Å². The maximum absolute atomic E-state index is 11.5. The molecule has 1 saturated heterocycles. The number of H-pyrrole nitrogens is 1. The summed E-state index contributed by atoms with van der Waals surface area (Å²) in [6.45, 7) is 5.84. The molecule has 4 heteroatoms. The van der Waals surface area contributed by atoms with Gasteiger partial charge in [-0.3, -0.25) is 4.90 Å².